The van der Waals surface area contributed by atoms with Crippen molar-refractivity contribution in [2.75, 3.05) is 20.2 Å². The molecule has 1 heterocycles. The van der Waals surface area contributed by atoms with Gasteiger partial charge in [0, 0.05) is 17.6 Å². The van der Waals surface area contributed by atoms with E-state index in [4.69, 9.17) is 4.74 Å². The van der Waals surface area contributed by atoms with Crippen LogP contribution >= 0.6 is 12.4 Å². The number of piperidine rings is 1. The molecule has 158 valence electrons. The molecule has 1 saturated carbocycles. The molecule has 0 bridgehead atoms. The monoisotopic (exact) mass is 431 g/mol. The van der Waals surface area contributed by atoms with Crippen LogP contribution < -0.4 is 20.1 Å². The Bertz CT molecular complexity index is 781. The zero-order valence-corrected chi connectivity index (χ0v) is 18.0. The highest BCUT2D eigenvalue weighted by molar-refractivity contribution is 7.89. The normalized spacial score (nSPS) is 23.1. The van der Waals surface area contributed by atoms with Gasteiger partial charge in [0.05, 0.1) is 7.11 Å². The summed E-state index contributed by atoms with van der Waals surface area (Å²) in [5, 5.41) is 6.34. The quantitative estimate of drug-likeness (QED) is 0.640. The van der Waals surface area contributed by atoms with E-state index in [2.05, 4.69) is 22.3 Å². The van der Waals surface area contributed by atoms with Crippen molar-refractivity contribution in [3.63, 3.8) is 0 Å². The van der Waals surface area contributed by atoms with Gasteiger partial charge in [-0.05, 0) is 56.5 Å². The lowest BCUT2D eigenvalue weighted by atomic mass is 9.95. The lowest BCUT2D eigenvalue weighted by molar-refractivity contribution is 0.0914. The molecular formula is C19H30ClN3O4S. The molecule has 1 aromatic rings. The fourth-order valence-electron chi connectivity index (χ4n) is 3.83. The average molecular weight is 432 g/mol. The Morgan fingerprint density at radius 3 is 2.57 bits per heavy atom. The van der Waals surface area contributed by atoms with Crippen molar-refractivity contribution < 1.29 is 17.9 Å². The Balaban J connectivity index is 0.00000280. The number of hydrogen-bond acceptors (Lipinski definition) is 5. The van der Waals surface area contributed by atoms with Crippen LogP contribution in [0, 0.1) is 5.92 Å². The number of halogens is 1. The minimum Gasteiger partial charge on any atom is -0.495 e. The van der Waals surface area contributed by atoms with Gasteiger partial charge in [0.2, 0.25) is 10.0 Å². The maximum absolute atomic E-state index is 12.9. The topological polar surface area (TPSA) is 96.5 Å². The number of ether oxygens (including phenoxy) is 1. The van der Waals surface area contributed by atoms with E-state index in [0.717, 1.165) is 45.2 Å². The summed E-state index contributed by atoms with van der Waals surface area (Å²) in [6, 6.07) is 4.60. The van der Waals surface area contributed by atoms with E-state index in [-0.39, 0.29) is 41.0 Å². The summed E-state index contributed by atoms with van der Waals surface area (Å²) in [6.07, 6.45) is 4.60. The fraction of sp³-hybridized carbons (Fsp3) is 0.632. The number of amides is 1. The third-order valence-corrected chi connectivity index (χ3v) is 7.04. The lowest BCUT2D eigenvalue weighted by Crippen LogP contribution is -2.48. The van der Waals surface area contributed by atoms with Crippen LogP contribution in [0.15, 0.2) is 23.1 Å². The molecule has 3 rings (SSSR count). The molecule has 2 aliphatic rings. The maximum atomic E-state index is 12.9. The van der Waals surface area contributed by atoms with E-state index < -0.39 is 10.0 Å². The van der Waals surface area contributed by atoms with Gasteiger partial charge in [0.25, 0.3) is 5.91 Å². The first-order valence-corrected chi connectivity index (χ1v) is 11.1. The Labute approximate surface area is 173 Å². The lowest BCUT2D eigenvalue weighted by Gasteiger charge is -2.30. The molecule has 1 amide bonds. The van der Waals surface area contributed by atoms with Gasteiger partial charge in [0.15, 0.2) is 0 Å². The van der Waals surface area contributed by atoms with Crippen molar-refractivity contribution in [3.8, 4) is 5.75 Å². The number of carbonyl (C=O) groups excluding carboxylic acids is 1. The third kappa shape index (κ3) is 5.37. The van der Waals surface area contributed by atoms with Crippen molar-refractivity contribution in [2.45, 2.75) is 56.0 Å². The van der Waals surface area contributed by atoms with Gasteiger partial charge in [-0.15, -0.1) is 12.4 Å². The Hall–Kier alpha value is -1.35. The average Bonchev–Trinajstić information content (AvgIpc) is 3.15. The molecular weight excluding hydrogens is 402 g/mol. The highest BCUT2D eigenvalue weighted by atomic mass is 35.5. The van der Waals surface area contributed by atoms with Crippen LogP contribution in [-0.4, -0.2) is 46.6 Å². The minimum atomic E-state index is -3.75. The summed E-state index contributed by atoms with van der Waals surface area (Å²) in [4.78, 5) is 12.7. The number of rotatable bonds is 6. The molecule has 7 nitrogen and oxygen atoms in total. The molecule has 0 radical (unpaired) electrons. The van der Waals surface area contributed by atoms with Crippen molar-refractivity contribution in [3.05, 3.63) is 23.8 Å². The maximum Gasteiger partial charge on any atom is 0.251 e. The SMILES string of the molecule is COc1ccc(C(=O)NC2CCNCC2C)cc1S(=O)(=O)NC1CCCC1.Cl. The molecule has 2 fully saturated rings. The van der Waals surface area contributed by atoms with Crippen molar-refractivity contribution in [1.82, 2.24) is 15.4 Å². The summed E-state index contributed by atoms with van der Waals surface area (Å²) in [5.41, 5.74) is 0.327. The van der Waals surface area contributed by atoms with Crippen molar-refractivity contribution in [2.24, 2.45) is 5.92 Å². The van der Waals surface area contributed by atoms with Gasteiger partial charge in [-0.1, -0.05) is 19.8 Å². The van der Waals surface area contributed by atoms with Crippen LogP contribution in [0.3, 0.4) is 0 Å². The summed E-state index contributed by atoms with van der Waals surface area (Å²) >= 11 is 0. The molecule has 1 aliphatic carbocycles. The number of sulfonamides is 1. The van der Waals surface area contributed by atoms with Gasteiger partial charge in [-0.3, -0.25) is 4.79 Å². The molecule has 3 N–H and O–H groups in total. The van der Waals surface area contributed by atoms with Crippen molar-refractivity contribution in [1.29, 1.82) is 0 Å². The Morgan fingerprint density at radius 2 is 1.93 bits per heavy atom. The molecule has 2 atom stereocenters. The van der Waals surface area contributed by atoms with Crippen LogP contribution in [0.2, 0.25) is 0 Å². The summed E-state index contributed by atoms with van der Waals surface area (Å²) in [7, 11) is -2.32. The van der Waals surface area contributed by atoms with E-state index in [1.165, 1.54) is 13.2 Å². The van der Waals surface area contributed by atoms with Gasteiger partial charge in [-0.2, -0.15) is 0 Å². The first-order chi connectivity index (χ1) is 12.9. The zero-order chi connectivity index (χ0) is 19.4. The molecule has 0 spiro atoms. The second kappa shape index (κ2) is 9.91. The van der Waals surface area contributed by atoms with Gasteiger partial charge in [0.1, 0.15) is 10.6 Å². The first-order valence-electron chi connectivity index (χ1n) is 9.62. The number of nitrogens with one attached hydrogen (secondary N) is 3. The minimum absolute atomic E-state index is 0. The van der Waals surface area contributed by atoms with E-state index in [1.54, 1.807) is 12.1 Å². The molecule has 1 aliphatic heterocycles. The van der Waals surface area contributed by atoms with Crippen LogP contribution in [0.5, 0.6) is 5.75 Å². The first kappa shape index (κ1) is 22.9. The molecule has 1 aromatic carbocycles. The number of carbonyl (C=O) groups is 1. The van der Waals surface area contributed by atoms with E-state index in [0.29, 0.717) is 11.5 Å². The standard InChI is InChI=1S/C19H29N3O4S.ClH/c1-13-12-20-10-9-16(13)21-19(23)14-7-8-17(26-2)18(11-14)27(24,25)22-15-5-3-4-6-15;/h7-8,11,13,15-16,20,22H,3-6,9-10,12H2,1-2H3,(H,21,23);1H. The highest BCUT2D eigenvalue weighted by Crippen LogP contribution is 2.27. The van der Waals surface area contributed by atoms with Crippen LogP contribution in [-0.2, 0) is 10.0 Å². The third-order valence-electron chi connectivity index (χ3n) is 5.49. The zero-order valence-electron chi connectivity index (χ0n) is 16.4. The van der Waals surface area contributed by atoms with Gasteiger partial charge < -0.3 is 15.4 Å². The molecule has 1 saturated heterocycles. The van der Waals surface area contributed by atoms with E-state index >= 15 is 0 Å². The van der Waals surface area contributed by atoms with Crippen LogP contribution in [0.1, 0.15) is 49.4 Å². The second-order valence-electron chi connectivity index (χ2n) is 7.52. The van der Waals surface area contributed by atoms with Gasteiger partial charge >= 0.3 is 0 Å². The second-order valence-corrected chi connectivity index (χ2v) is 9.20. The summed E-state index contributed by atoms with van der Waals surface area (Å²) in [5.74, 6) is 0.314. The highest BCUT2D eigenvalue weighted by Gasteiger charge is 2.28. The smallest absolute Gasteiger partial charge is 0.251 e. The fourth-order valence-corrected chi connectivity index (χ4v) is 5.33. The number of benzene rings is 1. The largest absolute Gasteiger partial charge is 0.495 e. The van der Waals surface area contributed by atoms with Crippen molar-refractivity contribution >= 4 is 28.3 Å². The Morgan fingerprint density at radius 1 is 1.21 bits per heavy atom. The number of hydrogen-bond donors (Lipinski definition) is 3. The predicted molar refractivity (Wildman–Crippen MR) is 111 cm³/mol. The van der Waals surface area contributed by atoms with Crippen LogP contribution in [0.4, 0.5) is 0 Å². The van der Waals surface area contributed by atoms with Gasteiger partial charge in [-0.25, -0.2) is 13.1 Å². The number of methoxy groups -OCH3 is 1. The molecule has 2 unspecified atom stereocenters. The van der Waals surface area contributed by atoms with Crippen LogP contribution in [0.25, 0.3) is 0 Å². The molecule has 0 aromatic heterocycles. The Kier molecular flexibility index (Phi) is 8.12. The predicted octanol–water partition coefficient (Wildman–Crippen LogP) is 2.07. The summed E-state index contributed by atoms with van der Waals surface area (Å²) < 4.78 is 33.7. The molecule has 9 heteroatoms. The van der Waals surface area contributed by atoms with E-state index in [1.807, 2.05) is 0 Å². The molecule has 28 heavy (non-hydrogen) atoms. The van der Waals surface area contributed by atoms with E-state index in [9.17, 15) is 13.2 Å². The summed E-state index contributed by atoms with van der Waals surface area (Å²) in [6.45, 7) is 3.81.